The van der Waals surface area contributed by atoms with Gasteiger partial charge in [-0.2, -0.15) is 13.9 Å². The maximum Gasteiger partial charge on any atom is 0.333 e. The first kappa shape index (κ1) is 7.53. The standard InChI is InChI=1S/C5H6F2N2S/c1-10-4-2-3-9(8-4)5(6)7/h2-3,5H,1H3. The summed E-state index contributed by atoms with van der Waals surface area (Å²) in [6.45, 7) is -2.53. The maximum absolute atomic E-state index is 11.8. The van der Waals surface area contributed by atoms with Crippen molar-refractivity contribution in [2.45, 2.75) is 11.6 Å². The highest BCUT2D eigenvalue weighted by Gasteiger charge is 2.05. The molecule has 0 bridgehead atoms. The van der Waals surface area contributed by atoms with Crippen molar-refractivity contribution in [3.8, 4) is 0 Å². The SMILES string of the molecule is CSc1ccn(C(F)F)n1. The van der Waals surface area contributed by atoms with Gasteiger partial charge in [0.15, 0.2) is 0 Å². The number of aromatic nitrogens is 2. The molecule has 1 aromatic rings. The molecule has 0 saturated carbocycles. The minimum atomic E-state index is -2.53. The highest BCUT2D eigenvalue weighted by Crippen LogP contribution is 2.14. The van der Waals surface area contributed by atoms with E-state index in [0.717, 1.165) is 0 Å². The van der Waals surface area contributed by atoms with Crippen LogP contribution < -0.4 is 0 Å². The number of alkyl halides is 2. The summed E-state index contributed by atoms with van der Waals surface area (Å²) in [5.74, 6) is 0. The lowest BCUT2D eigenvalue weighted by molar-refractivity contribution is 0.0554. The van der Waals surface area contributed by atoms with Gasteiger partial charge in [-0.25, -0.2) is 4.68 Å². The lowest BCUT2D eigenvalue weighted by Gasteiger charge is -1.94. The van der Waals surface area contributed by atoms with E-state index in [-0.39, 0.29) is 0 Å². The Labute approximate surface area is 61.2 Å². The maximum atomic E-state index is 11.8. The third kappa shape index (κ3) is 1.47. The van der Waals surface area contributed by atoms with Gasteiger partial charge in [-0.1, -0.05) is 0 Å². The van der Waals surface area contributed by atoms with Crippen LogP contribution in [0.4, 0.5) is 8.78 Å². The second-order valence-electron chi connectivity index (χ2n) is 1.62. The smallest absolute Gasteiger partial charge is 0.211 e. The van der Waals surface area contributed by atoms with Gasteiger partial charge in [-0.15, -0.1) is 11.8 Å². The van der Waals surface area contributed by atoms with E-state index in [1.165, 1.54) is 18.0 Å². The molecular weight excluding hydrogens is 158 g/mol. The monoisotopic (exact) mass is 164 g/mol. The third-order valence-corrected chi connectivity index (χ3v) is 1.63. The molecule has 1 heterocycles. The molecule has 0 unspecified atom stereocenters. The second-order valence-corrected chi connectivity index (χ2v) is 2.44. The molecule has 1 rings (SSSR count). The molecule has 0 N–H and O–H groups in total. The van der Waals surface area contributed by atoms with E-state index in [0.29, 0.717) is 9.71 Å². The minimum absolute atomic E-state index is 0.611. The molecule has 0 amide bonds. The van der Waals surface area contributed by atoms with Crippen LogP contribution in [0.1, 0.15) is 6.55 Å². The van der Waals surface area contributed by atoms with Gasteiger partial charge in [0, 0.05) is 6.20 Å². The number of thioether (sulfide) groups is 1. The predicted octanol–water partition coefficient (Wildman–Crippen LogP) is 2.00. The van der Waals surface area contributed by atoms with Crippen LogP contribution in [0.5, 0.6) is 0 Å². The van der Waals surface area contributed by atoms with Gasteiger partial charge in [0.1, 0.15) is 5.03 Å². The molecule has 0 fully saturated rings. The van der Waals surface area contributed by atoms with Crippen molar-refractivity contribution < 1.29 is 8.78 Å². The molecule has 2 nitrogen and oxygen atoms in total. The van der Waals surface area contributed by atoms with Crippen LogP contribution in [0, 0.1) is 0 Å². The molecule has 0 saturated heterocycles. The van der Waals surface area contributed by atoms with Gasteiger partial charge in [0.05, 0.1) is 0 Å². The van der Waals surface area contributed by atoms with Crippen molar-refractivity contribution in [2.24, 2.45) is 0 Å². The summed E-state index contributed by atoms with van der Waals surface area (Å²) in [6, 6.07) is 1.55. The van der Waals surface area contributed by atoms with Crippen LogP contribution in [0.3, 0.4) is 0 Å². The van der Waals surface area contributed by atoms with Crippen molar-refractivity contribution in [2.75, 3.05) is 6.26 Å². The van der Waals surface area contributed by atoms with E-state index in [1.807, 2.05) is 0 Å². The third-order valence-electron chi connectivity index (χ3n) is 0.993. The summed E-state index contributed by atoms with van der Waals surface area (Å²) < 4.78 is 24.2. The van der Waals surface area contributed by atoms with Crippen molar-refractivity contribution in [1.82, 2.24) is 9.78 Å². The fourth-order valence-corrected chi connectivity index (χ4v) is 0.911. The molecule has 10 heavy (non-hydrogen) atoms. The Morgan fingerprint density at radius 3 is 2.70 bits per heavy atom. The number of nitrogens with zero attached hydrogens (tertiary/aromatic N) is 2. The fraction of sp³-hybridized carbons (Fsp3) is 0.400. The van der Waals surface area contributed by atoms with Crippen LogP contribution in [-0.2, 0) is 0 Å². The summed E-state index contributed by atoms with van der Waals surface area (Å²) >= 11 is 1.34. The quantitative estimate of drug-likeness (QED) is 0.622. The summed E-state index contributed by atoms with van der Waals surface area (Å²) in [5.41, 5.74) is 0. The van der Waals surface area contributed by atoms with Crippen LogP contribution in [0.15, 0.2) is 17.3 Å². The highest BCUT2D eigenvalue weighted by atomic mass is 32.2. The molecule has 0 aliphatic carbocycles. The number of halogens is 2. The van der Waals surface area contributed by atoms with E-state index in [1.54, 1.807) is 12.3 Å². The van der Waals surface area contributed by atoms with Gasteiger partial charge in [-0.05, 0) is 12.3 Å². The van der Waals surface area contributed by atoms with Crippen molar-refractivity contribution >= 4 is 11.8 Å². The molecule has 0 spiro atoms. The average Bonchev–Trinajstić information content (AvgIpc) is 2.34. The normalized spacial score (nSPS) is 10.8. The van der Waals surface area contributed by atoms with E-state index >= 15 is 0 Å². The number of hydrogen-bond donors (Lipinski definition) is 0. The summed E-state index contributed by atoms with van der Waals surface area (Å²) in [5, 5.41) is 4.17. The predicted molar refractivity (Wildman–Crippen MR) is 35.3 cm³/mol. The first-order valence-electron chi connectivity index (χ1n) is 2.61. The lowest BCUT2D eigenvalue weighted by atomic mass is 10.7. The molecule has 56 valence electrons. The Morgan fingerprint density at radius 1 is 1.70 bits per heavy atom. The second kappa shape index (κ2) is 3.01. The zero-order chi connectivity index (χ0) is 7.56. The molecular formula is C5H6F2N2S. The van der Waals surface area contributed by atoms with Crippen LogP contribution in [-0.4, -0.2) is 16.0 Å². The van der Waals surface area contributed by atoms with E-state index in [4.69, 9.17) is 0 Å². The molecule has 5 heteroatoms. The summed E-state index contributed by atoms with van der Waals surface area (Å²) in [4.78, 5) is 0. The van der Waals surface area contributed by atoms with Gasteiger partial charge in [0.2, 0.25) is 0 Å². The Hall–Kier alpha value is -0.580. The van der Waals surface area contributed by atoms with E-state index in [9.17, 15) is 8.78 Å². The van der Waals surface area contributed by atoms with Gasteiger partial charge in [-0.3, -0.25) is 0 Å². The van der Waals surface area contributed by atoms with Gasteiger partial charge in [0.25, 0.3) is 0 Å². The summed E-state index contributed by atoms with van der Waals surface area (Å²) in [6.07, 6.45) is 3.05. The van der Waals surface area contributed by atoms with Crippen molar-refractivity contribution in [3.05, 3.63) is 12.3 Å². The van der Waals surface area contributed by atoms with Crippen LogP contribution >= 0.6 is 11.8 Å². The van der Waals surface area contributed by atoms with Gasteiger partial charge >= 0.3 is 6.55 Å². The topological polar surface area (TPSA) is 17.8 Å². The summed E-state index contributed by atoms with van der Waals surface area (Å²) in [7, 11) is 0. The fourth-order valence-electron chi connectivity index (χ4n) is 0.538. The highest BCUT2D eigenvalue weighted by molar-refractivity contribution is 7.98. The Morgan fingerprint density at radius 2 is 2.40 bits per heavy atom. The zero-order valence-corrected chi connectivity index (χ0v) is 6.11. The molecule has 0 atom stereocenters. The van der Waals surface area contributed by atoms with Crippen molar-refractivity contribution in [1.29, 1.82) is 0 Å². The van der Waals surface area contributed by atoms with Gasteiger partial charge < -0.3 is 0 Å². The van der Waals surface area contributed by atoms with Crippen LogP contribution in [0.25, 0.3) is 0 Å². The first-order valence-corrected chi connectivity index (χ1v) is 3.84. The zero-order valence-electron chi connectivity index (χ0n) is 5.29. The molecule has 0 aliphatic heterocycles. The molecule has 0 aliphatic rings. The molecule has 0 aromatic carbocycles. The van der Waals surface area contributed by atoms with Crippen molar-refractivity contribution in [3.63, 3.8) is 0 Å². The number of hydrogen-bond acceptors (Lipinski definition) is 2. The van der Waals surface area contributed by atoms with E-state index in [2.05, 4.69) is 5.10 Å². The van der Waals surface area contributed by atoms with Crippen LogP contribution in [0.2, 0.25) is 0 Å². The minimum Gasteiger partial charge on any atom is -0.211 e. The largest absolute Gasteiger partial charge is 0.333 e. The first-order chi connectivity index (χ1) is 4.74. The Bertz CT molecular complexity index is 211. The number of rotatable bonds is 2. The average molecular weight is 164 g/mol. The molecule has 0 radical (unpaired) electrons. The molecule has 1 aromatic heterocycles. The Balaban J connectivity index is 2.78. The lowest BCUT2D eigenvalue weighted by Crippen LogP contribution is -1.97. The van der Waals surface area contributed by atoms with E-state index < -0.39 is 6.55 Å². The Kier molecular flexibility index (Phi) is 2.26.